The first-order valence-corrected chi connectivity index (χ1v) is 9.22. The van der Waals surface area contributed by atoms with Crippen molar-refractivity contribution in [1.29, 1.82) is 0 Å². The zero-order chi connectivity index (χ0) is 18.6. The Morgan fingerprint density at radius 2 is 1.80 bits per heavy atom. The molecule has 7 heteroatoms. The fourth-order valence-electron chi connectivity index (χ4n) is 2.34. The Balaban J connectivity index is 2.32. The molecule has 0 saturated carbocycles. The second kappa shape index (κ2) is 7.57. The van der Waals surface area contributed by atoms with Gasteiger partial charge in [-0.25, -0.2) is 8.42 Å². The molecule has 0 bridgehead atoms. The van der Waals surface area contributed by atoms with Crippen LogP contribution in [-0.4, -0.2) is 26.6 Å². The molecule has 0 aliphatic carbocycles. The lowest BCUT2D eigenvalue weighted by atomic mass is 10.0. The van der Waals surface area contributed by atoms with Crippen LogP contribution in [0.4, 0.5) is 5.69 Å². The number of carboxylic acids is 1. The van der Waals surface area contributed by atoms with Crippen LogP contribution in [0.15, 0.2) is 47.4 Å². The molecule has 2 aromatic rings. The second-order valence-corrected chi connectivity index (χ2v) is 7.59. The molecule has 134 valence electrons. The molecule has 2 N–H and O–H groups in total. The highest BCUT2D eigenvalue weighted by molar-refractivity contribution is 7.92. The van der Waals surface area contributed by atoms with Gasteiger partial charge in [-0.2, -0.15) is 0 Å². The lowest BCUT2D eigenvalue weighted by Crippen LogP contribution is -2.14. The zero-order valence-corrected chi connectivity index (χ0v) is 15.1. The largest absolute Gasteiger partial charge is 0.495 e. The van der Waals surface area contributed by atoms with Gasteiger partial charge in [0.2, 0.25) is 0 Å². The SMILES string of the molecule is COc1ccc(C(C)C)cc1S(=O)(=O)Nc1ccc(CC(=O)O)cc1. The minimum Gasteiger partial charge on any atom is -0.495 e. The van der Waals surface area contributed by atoms with Crippen LogP contribution in [0.2, 0.25) is 0 Å². The van der Waals surface area contributed by atoms with Crippen molar-refractivity contribution in [3.05, 3.63) is 53.6 Å². The third kappa shape index (κ3) is 4.73. The zero-order valence-electron chi connectivity index (χ0n) is 14.3. The average molecular weight is 363 g/mol. The molecule has 0 saturated heterocycles. The fraction of sp³-hybridized carbons (Fsp3) is 0.278. The maximum absolute atomic E-state index is 12.7. The van der Waals surface area contributed by atoms with Gasteiger partial charge < -0.3 is 9.84 Å². The maximum Gasteiger partial charge on any atom is 0.307 e. The summed E-state index contributed by atoms with van der Waals surface area (Å²) in [5, 5.41) is 8.77. The smallest absolute Gasteiger partial charge is 0.307 e. The van der Waals surface area contributed by atoms with Crippen molar-refractivity contribution in [2.75, 3.05) is 11.8 Å². The number of hydrogen-bond donors (Lipinski definition) is 2. The Labute approximate surface area is 147 Å². The second-order valence-electron chi connectivity index (χ2n) is 5.94. The van der Waals surface area contributed by atoms with Crippen molar-refractivity contribution in [3.8, 4) is 5.75 Å². The molecular weight excluding hydrogens is 342 g/mol. The molecule has 2 aromatic carbocycles. The number of sulfonamides is 1. The highest BCUT2D eigenvalue weighted by atomic mass is 32.2. The van der Waals surface area contributed by atoms with Gasteiger partial charge in [0.05, 0.1) is 13.5 Å². The topological polar surface area (TPSA) is 92.7 Å². The third-order valence-corrected chi connectivity index (χ3v) is 5.11. The Kier molecular flexibility index (Phi) is 5.69. The van der Waals surface area contributed by atoms with E-state index in [0.29, 0.717) is 11.3 Å². The Morgan fingerprint density at radius 3 is 2.32 bits per heavy atom. The highest BCUT2D eigenvalue weighted by Crippen LogP contribution is 2.29. The molecule has 0 radical (unpaired) electrons. The van der Waals surface area contributed by atoms with E-state index in [-0.39, 0.29) is 23.0 Å². The summed E-state index contributed by atoms with van der Waals surface area (Å²) < 4.78 is 33.2. The first kappa shape index (κ1) is 18.8. The summed E-state index contributed by atoms with van der Waals surface area (Å²) in [6.07, 6.45) is -0.114. The summed E-state index contributed by atoms with van der Waals surface area (Å²) >= 11 is 0. The van der Waals surface area contributed by atoms with Crippen LogP contribution in [0.3, 0.4) is 0 Å². The Bertz CT molecular complexity index is 858. The molecule has 0 atom stereocenters. The van der Waals surface area contributed by atoms with E-state index in [1.807, 2.05) is 19.9 Å². The average Bonchev–Trinajstić information content (AvgIpc) is 2.55. The van der Waals surface area contributed by atoms with Crippen LogP contribution < -0.4 is 9.46 Å². The van der Waals surface area contributed by atoms with E-state index in [0.717, 1.165) is 5.56 Å². The van der Waals surface area contributed by atoms with Crippen molar-refractivity contribution < 1.29 is 23.1 Å². The minimum atomic E-state index is -3.84. The van der Waals surface area contributed by atoms with E-state index in [1.165, 1.54) is 19.2 Å². The number of nitrogens with one attached hydrogen (secondary N) is 1. The van der Waals surface area contributed by atoms with Gasteiger partial charge in [-0.15, -0.1) is 0 Å². The number of ether oxygens (including phenoxy) is 1. The first-order chi connectivity index (χ1) is 11.7. The van der Waals surface area contributed by atoms with Crippen LogP contribution in [0.5, 0.6) is 5.75 Å². The van der Waals surface area contributed by atoms with E-state index in [9.17, 15) is 13.2 Å². The number of aliphatic carboxylic acids is 1. The van der Waals surface area contributed by atoms with E-state index in [2.05, 4.69) is 4.72 Å². The minimum absolute atomic E-state index is 0.0656. The van der Waals surface area contributed by atoms with Crippen LogP contribution in [-0.2, 0) is 21.2 Å². The van der Waals surface area contributed by atoms with Crippen LogP contribution in [0.25, 0.3) is 0 Å². The van der Waals surface area contributed by atoms with E-state index in [4.69, 9.17) is 9.84 Å². The molecule has 25 heavy (non-hydrogen) atoms. The summed E-state index contributed by atoms with van der Waals surface area (Å²) in [4.78, 5) is 10.8. The standard InChI is InChI=1S/C18H21NO5S/c1-12(2)14-6-9-16(24-3)17(11-14)25(22,23)19-15-7-4-13(5-8-15)10-18(20)21/h4-9,11-12,19H,10H2,1-3H3,(H,20,21). The predicted molar refractivity (Wildman–Crippen MR) is 95.7 cm³/mol. The number of carboxylic acid groups (broad SMARTS) is 1. The number of benzene rings is 2. The van der Waals surface area contributed by atoms with Crippen molar-refractivity contribution in [1.82, 2.24) is 0 Å². The number of methoxy groups -OCH3 is 1. The van der Waals surface area contributed by atoms with Crippen molar-refractivity contribution >= 4 is 21.7 Å². The molecule has 0 aliphatic heterocycles. The Morgan fingerprint density at radius 1 is 1.16 bits per heavy atom. The van der Waals surface area contributed by atoms with Gasteiger partial charge in [0.1, 0.15) is 10.6 Å². The van der Waals surface area contributed by atoms with Gasteiger partial charge in [0.25, 0.3) is 10.0 Å². The van der Waals surface area contributed by atoms with Gasteiger partial charge in [0.15, 0.2) is 0 Å². The van der Waals surface area contributed by atoms with Crippen LogP contribution in [0.1, 0.15) is 30.9 Å². The lowest BCUT2D eigenvalue weighted by molar-refractivity contribution is -0.136. The van der Waals surface area contributed by atoms with Gasteiger partial charge in [0, 0.05) is 5.69 Å². The van der Waals surface area contributed by atoms with E-state index >= 15 is 0 Å². The number of carbonyl (C=O) groups is 1. The lowest BCUT2D eigenvalue weighted by Gasteiger charge is -2.14. The summed E-state index contributed by atoms with van der Waals surface area (Å²) in [6.45, 7) is 3.96. The molecule has 0 aliphatic rings. The summed E-state index contributed by atoms with van der Waals surface area (Å²) in [5.74, 6) is -0.502. The quantitative estimate of drug-likeness (QED) is 0.788. The molecule has 0 amide bonds. The molecule has 0 fully saturated rings. The summed E-state index contributed by atoms with van der Waals surface area (Å²) in [7, 11) is -2.42. The number of rotatable bonds is 7. The van der Waals surface area contributed by atoms with Crippen LogP contribution in [0, 0.1) is 0 Å². The van der Waals surface area contributed by atoms with Gasteiger partial charge in [-0.3, -0.25) is 9.52 Å². The van der Waals surface area contributed by atoms with E-state index in [1.54, 1.807) is 24.3 Å². The van der Waals surface area contributed by atoms with Gasteiger partial charge >= 0.3 is 5.97 Å². The molecule has 0 heterocycles. The molecule has 2 rings (SSSR count). The molecule has 0 aromatic heterocycles. The predicted octanol–water partition coefficient (Wildman–Crippen LogP) is 3.25. The monoisotopic (exact) mass is 363 g/mol. The maximum atomic E-state index is 12.7. The van der Waals surface area contributed by atoms with Crippen molar-refractivity contribution in [2.24, 2.45) is 0 Å². The molecule has 6 nitrogen and oxygen atoms in total. The highest BCUT2D eigenvalue weighted by Gasteiger charge is 2.21. The normalized spacial score (nSPS) is 11.4. The summed E-state index contributed by atoms with van der Waals surface area (Å²) in [6, 6.07) is 11.3. The van der Waals surface area contributed by atoms with Gasteiger partial charge in [-0.05, 0) is 41.3 Å². The molecular formula is C18H21NO5S. The third-order valence-electron chi connectivity index (χ3n) is 3.71. The number of anilines is 1. The van der Waals surface area contributed by atoms with Crippen LogP contribution >= 0.6 is 0 Å². The number of hydrogen-bond acceptors (Lipinski definition) is 4. The van der Waals surface area contributed by atoms with Gasteiger partial charge in [-0.1, -0.05) is 32.0 Å². The molecule has 0 spiro atoms. The first-order valence-electron chi connectivity index (χ1n) is 7.74. The fourth-order valence-corrected chi connectivity index (χ4v) is 3.60. The summed E-state index contributed by atoms with van der Waals surface area (Å²) in [5.41, 5.74) is 1.83. The van der Waals surface area contributed by atoms with Crippen molar-refractivity contribution in [2.45, 2.75) is 31.1 Å². The van der Waals surface area contributed by atoms with E-state index < -0.39 is 16.0 Å². The molecule has 0 unspecified atom stereocenters. The Hall–Kier alpha value is -2.54. The van der Waals surface area contributed by atoms with Crippen molar-refractivity contribution in [3.63, 3.8) is 0 Å².